The number of anilines is 1. The highest BCUT2D eigenvalue weighted by Crippen LogP contribution is 2.24. The van der Waals surface area contributed by atoms with Crippen LogP contribution in [0.3, 0.4) is 0 Å². The fourth-order valence-corrected chi connectivity index (χ4v) is 2.60. The molecule has 0 amide bonds. The Labute approximate surface area is 151 Å². The molecule has 24 heavy (non-hydrogen) atoms. The van der Waals surface area contributed by atoms with Crippen LogP contribution in [0.5, 0.6) is 11.5 Å². The van der Waals surface area contributed by atoms with E-state index in [0.717, 1.165) is 40.1 Å². The van der Waals surface area contributed by atoms with Gasteiger partial charge in [-0.05, 0) is 54.8 Å². The van der Waals surface area contributed by atoms with E-state index in [-0.39, 0.29) is 0 Å². The molecule has 128 valence electrons. The van der Waals surface area contributed by atoms with Crippen molar-refractivity contribution in [3.8, 4) is 11.5 Å². The van der Waals surface area contributed by atoms with Gasteiger partial charge in [0.2, 0.25) is 0 Å². The molecule has 2 aromatic rings. The van der Waals surface area contributed by atoms with Crippen molar-refractivity contribution in [3.63, 3.8) is 0 Å². The van der Waals surface area contributed by atoms with Crippen LogP contribution in [-0.2, 0) is 6.42 Å². The number of halogens is 1. The van der Waals surface area contributed by atoms with E-state index in [4.69, 9.17) is 15.2 Å². The first kappa shape index (κ1) is 18.1. The van der Waals surface area contributed by atoms with Crippen LogP contribution in [0.4, 0.5) is 5.69 Å². The fourth-order valence-electron chi connectivity index (χ4n) is 2.26. The quantitative estimate of drug-likeness (QED) is 0.427. The summed E-state index contributed by atoms with van der Waals surface area (Å²) < 4.78 is 11.5. The van der Waals surface area contributed by atoms with Gasteiger partial charge in [0, 0.05) is 16.7 Å². The Bertz CT molecular complexity index is 687. The Balaban J connectivity index is 1.82. The third-order valence-electron chi connectivity index (χ3n) is 3.50. The van der Waals surface area contributed by atoms with E-state index in [1.807, 2.05) is 36.4 Å². The molecule has 0 saturated heterocycles. The van der Waals surface area contributed by atoms with Gasteiger partial charge >= 0.3 is 0 Å². The molecule has 0 atom stereocenters. The summed E-state index contributed by atoms with van der Waals surface area (Å²) >= 11 is 3.44. The summed E-state index contributed by atoms with van der Waals surface area (Å²) in [4.78, 5) is 4.35. The topological polar surface area (TPSA) is 68.9 Å². The second-order valence-corrected chi connectivity index (χ2v) is 6.10. The van der Waals surface area contributed by atoms with Crippen molar-refractivity contribution >= 4 is 27.6 Å². The van der Waals surface area contributed by atoms with Crippen molar-refractivity contribution < 1.29 is 9.47 Å². The normalized spacial score (nSPS) is 11.2. The van der Waals surface area contributed by atoms with Gasteiger partial charge in [-0.25, -0.2) is 0 Å². The lowest BCUT2D eigenvalue weighted by atomic mass is 10.1. The number of guanidine groups is 1. The summed E-state index contributed by atoms with van der Waals surface area (Å²) in [6, 6.07) is 13.6. The summed E-state index contributed by atoms with van der Waals surface area (Å²) in [5.74, 6) is 2.10. The minimum Gasteiger partial charge on any atom is -0.497 e. The van der Waals surface area contributed by atoms with Crippen molar-refractivity contribution in [2.24, 2.45) is 10.7 Å². The molecular weight excluding hydrogens is 370 g/mol. The first-order chi connectivity index (χ1) is 11.6. The summed E-state index contributed by atoms with van der Waals surface area (Å²) in [7, 11) is 3.32. The number of aryl methyl sites for hydroxylation is 1. The van der Waals surface area contributed by atoms with Gasteiger partial charge in [-0.2, -0.15) is 0 Å². The van der Waals surface area contributed by atoms with Gasteiger partial charge < -0.3 is 20.5 Å². The number of methoxy groups -OCH3 is 2. The summed E-state index contributed by atoms with van der Waals surface area (Å²) in [6.45, 7) is 0.647. The number of hydrogen-bond donors (Lipinski definition) is 2. The van der Waals surface area contributed by atoms with E-state index in [1.165, 1.54) is 0 Å². The summed E-state index contributed by atoms with van der Waals surface area (Å²) in [5, 5.41) is 3.06. The minimum absolute atomic E-state index is 0.405. The number of benzene rings is 2. The molecular formula is C18H22BrN3O2. The second-order valence-electron chi connectivity index (χ2n) is 5.18. The molecule has 0 fully saturated rings. The van der Waals surface area contributed by atoms with Gasteiger partial charge in [0.25, 0.3) is 0 Å². The second kappa shape index (κ2) is 9.17. The molecule has 0 saturated carbocycles. The zero-order valence-electron chi connectivity index (χ0n) is 13.9. The standard InChI is InChI=1S/C18H22BrN3O2/c1-23-16-9-7-15(8-10-16)22-18(20)21-11-3-4-13-5-6-14(19)12-17(13)24-2/h5-10,12H,3-4,11H2,1-2H3,(H3,20,21,22). The monoisotopic (exact) mass is 391 g/mol. The SMILES string of the molecule is COc1ccc(NC(N)=NCCCc2ccc(Br)cc2OC)cc1. The lowest BCUT2D eigenvalue weighted by Gasteiger charge is -2.09. The zero-order chi connectivity index (χ0) is 17.4. The maximum Gasteiger partial charge on any atom is 0.193 e. The van der Waals surface area contributed by atoms with Crippen LogP contribution >= 0.6 is 15.9 Å². The number of aliphatic imine (C=N–C) groups is 1. The molecule has 0 aliphatic rings. The van der Waals surface area contributed by atoms with Crippen molar-refractivity contribution in [3.05, 3.63) is 52.5 Å². The van der Waals surface area contributed by atoms with E-state index in [2.05, 4.69) is 32.3 Å². The number of nitrogens with two attached hydrogens (primary N) is 1. The Morgan fingerprint density at radius 3 is 2.54 bits per heavy atom. The molecule has 0 radical (unpaired) electrons. The molecule has 2 aromatic carbocycles. The van der Waals surface area contributed by atoms with E-state index < -0.39 is 0 Å². The van der Waals surface area contributed by atoms with Crippen LogP contribution in [0, 0.1) is 0 Å². The van der Waals surface area contributed by atoms with Crippen molar-refractivity contribution in [1.82, 2.24) is 0 Å². The number of nitrogens with one attached hydrogen (secondary N) is 1. The van der Waals surface area contributed by atoms with E-state index >= 15 is 0 Å². The molecule has 0 spiro atoms. The van der Waals surface area contributed by atoms with Crippen molar-refractivity contribution in [2.75, 3.05) is 26.1 Å². The molecule has 0 unspecified atom stereocenters. The van der Waals surface area contributed by atoms with Crippen molar-refractivity contribution in [1.29, 1.82) is 0 Å². The molecule has 2 rings (SSSR count). The number of nitrogens with zero attached hydrogens (tertiary/aromatic N) is 1. The highest BCUT2D eigenvalue weighted by Gasteiger charge is 2.03. The van der Waals surface area contributed by atoms with Gasteiger partial charge in [0.15, 0.2) is 5.96 Å². The zero-order valence-corrected chi connectivity index (χ0v) is 15.5. The number of rotatable bonds is 7. The Morgan fingerprint density at radius 2 is 1.88 bits per heavy atom. The van der Waals surface area contributed by atoms with Crippen LogP contribution in [0.2, 0.25) is 0 Å². The molecule has 5 nitrogen and oxygen atoms in total. The average Bonchev–Trinajstić information content (AvgIpc) is 2.60. The highest BCUT2D eigenvalue weighted by atomic mass is 79.9. The van der Waals surface area contributed by atoms with Gasteiger partial charge in [-0.3, -0.25) is 4.99 Å². The number of hydrogen-bond acceptors (Lipinski definition) is 3. The van der Waals surface area contributed by atoms with Gasteiger partial charge in [0.1, 0.15) is 11.5 Å². The predicted octanol–water partition coefficient (Wildman–Crippen LogP) is 3.83. The van der Waals surface area contributed by atoms with Crippen molar-refractivity contribution in [2.45, 2.75) is 12.8 Å². The van der Waals surface area contributed by atoms with Crippen LogP contribution in [0.1, 0.15) is 12.0 Å². The lowest BCUT2D eigenvalue weighted by Crippen LogP contribution is -2.22. The number of ether oxygens (including phenoxy) is 2. The predicted molar refractivity (Wildman–Crippen MR) is 102 cm³/mol. The maximum absolute atomic E-state index is 5.91. The third-order valence-corrected chi connectivity index (χ3v) is 3.99. The first-order valence-electron chi connectivity index (χ1n) is 7.66. The van der Waals surface area contributed by atoms with Crippen LogP contribution in [-0.4, -0.2) is 26.7 Å². The molecule has 0 aliphatic carbocycles. The molecule has 0 aromatic heterocycles. The smallest absolute Gasteiger partial charge is 0.193 e. The van der Waals surface area contributed by atoms with Gasteiger partial charge in [-0.15, -0.1) is 0 Å². The Morgan fingerprint density at radius 1 is 1.12 bits per heavy atom. The van der Waals surface area contributed by atoms with Crippen LogP contribution in [0.25, 0.3) is 0 Å². The van der Waals surface area contributed by atoms with Gasteiger partial charge in [0.05, 0.1) is 14.2 Å². The molecule has 3 N–H and O–H groups in total. The van der Waals surface area contributed by atoms with E-state index in [1.54, 1.807) is 14.2 Å². The highest BCUT2D eigenvalue weighted by molar-refractivity contribution is 9.10. The minimum atomic E-state index is 0.405. The van der Waals surface area contributed by atoms with E-state index in [0.29, 0.717) is 12.5 Å². The largest absolute Gasteiger partial charge is 0.497 e. The fraction of sp³-hybridized carbons (Fsp3) is 0.278. The van der Waals surface area contributed by atoms with Crippen LogP contribution in [0.15, 0.2) is 51.9 Å². The molecule has 6 heteroatoms. The first-order valence-corrected chi connectivity index (χ1v) is 8.45. The molecule has 0 heterocycles. The maximum atomic E-state index is 5.91. The van der Waals surface area contributed by atoms with Crippen LogP contribution < -0.4 is 20.5 Å². The van der Waals surface area contributed by atoms with E-state index in [9.17, 15) is 0 Å². The lowest BCUT2D eigenvalue weighted by molar-refractivity contribution is 0.409. The summed E-state index contributed by atoms with van der Waals surface area (Å²) in [6.07, 6.45) is 1.78. The molecule has 0 aliphatic heterocycles. The van der Waals surface area contributed by atoms with Gasteiger partial charge in [-0.1, -0.05) is 22.0 Å². The Kier molecular flexibility index (Phi) is 6.93. The third kappa shape index (κ3) is 5.45. The molecule has 0 bridgehead atoms. The Hall–Kier alpha value is -2.21. The average molecular weight is 392 g/mol. The summed E-state index contributed by atoms with van der Waals surface area (Å²) in [5.41, 5.74) is 7.95.